The fourth-order valence-corrected chi connectivity index (χ4v) is 7.53. The number of hydrogen-bond acceptors (Lipinski definition) is 6. The zero-order valence-corrected chi connectivity index (χ0v) is 37.6. The molecule has 0 aliphatic carbocycles. The number of hydrogen-bond donors (Lipinski definition) is 1. The fourth-order valence-electron chi connectivity index (χ4n) is 6.79. The molecule has 0 saturated carbocycles. The van der Waals surface area contributed by atoms with E-state index in [1.165, 1.54) is 173 Å². The van der Waals surface area contributed by atoms with Crippen LogP contribution in [0.3, 0.4) is 0 Å². The highest BCUT2D eigenvalue weighted by Gasteiger charge is 2.26. The molecule has 0 rings (SSSR count). The van der Waals surface area contributed by atoms with Gasteiger partial charge in [0.1, 0.15) is 19.3 Å². The number of nitrogens with zero attached hydrogens (tertiary/aromatic N) is 1. The average Bonchev–Trinajstić information content (AvgIpc) is 3.12. The minimum Gasteiger partial charge on any atom is -0.457 e. The van der Waals surface area contributed by atoms with Gasteiger partial charge in [0.05, 0.1) is 34.4 Å². The molecular weight excluding hydrogens is 697 g/mol. The van der Waals surface area contributed by atoms with Crippen molar-refractivity contribution >= 4 is 13.8 Å². The van der Waals surface area contributed by atoms with E-state index in [1.54, 1.807) is 0 Å². The van der Waals surface area contributed by atoms with Gasteiger partial charge in [0.25, 0.3) is 0 Å². The van der Waals surface area contributed by atoms with Crippen LogP contribution in [0.2, 0.25) is 0 Å². The predicted octanol–water partition coefficient (Wildman–Crippen LogP) is 13.7. The lowest BCUT2D eigenvalue weighted by Crippen LogP contribution is -2.37. The number of likely N-dealkylation sites (N-methyl/N-ethyl adjacent to an activating group) is 1. The van der Waals surface area contributed by atoms with Crippen molar-refractivity contribution in [1.29, 1.82) is 0 Å². The lowest BCUT2D eigenvalue weighted by Gasteiger charge is -2.24. The number of rotatable bonds is 44. The Morgan fingerprint density at radius 2 is 0.852 bits per heavy atom. The van der Waals surface area contributed by atoms with Gasteiger partial charge in [-0.15, -0.1) is 0 Å². The fraction of sp³-hybridized carbons (Fsp3) is 0.978. The van der Waals surface area contributed by atoms with Gasteiger partial charge in [-0.2, -0.15) is 0 Å². The number of carbonyl (C=O) groups is 1. The predicted molar refractivity (Wildman–Crippen MR) is 229 cm³/mol. The van der Waals surface area contributed by atoms with Crippen molar-refractivity contribution in [3.63, 3.8) is 0 Å². The van der Waals surface area contributed by atoms with Crippen LogP contribution in [-0.4, -0.2) is 75.6 Å². The summed E-state index contributed by atoms with van der Waals surface area (Å²) in [7, 11) is 1.69. The summed E-state index contributed by atoms with van der Waals surface area (Å²) < 4.78 is 35.0. The van der Waals surface area contributed by atoms with E-state index >= 15 is 0 Å². The molecule has 9 heteroatoms. The van der Waals surface area contributed by atoms with E-state index in [0.29, 0.717) is 24.1 Å². The highest BCUT2D eigenvalue weighted by Crippen LogP contribution is 2.43. The third-order valence-electron chi connectivity index (χ3n) is 10.4. The molecule has 0 heterocycles. The Bertz CT molecular complexity index is 837. The van der Waals surface area contributed by atoms with Gasteiger partial charge in [-0.1, -0.05) is 206 Å². The van der Waals surface area contributed by atoms with Crippen LogP contribution in [0.15, 0.2) is 0 Å². The molecule has 0 fully saturated rings. The molecule has 0 aromatic rings. The lowest BCUT2D eigenvalue weighted by atomic mass is 10.0. The molecule has 324 valence electrons. The number of ether oxygens (including phenoxy) is 2. The van der Waals surface area contributed by atoms with Crippen molar-refractivity contribution in [1.82, 2.24) is 0 Å². The second kappa shape index (κ2) is 39.3. The van der Waals surface area contributed by atoms with Crippen molar-refractivity contribution in [3.8, 4) is 0 Å². The number of esters is 1. The molecule has 2 unspecified atom stereocenters. The third kappa shape index (κ3) is 42.6. The summed E-state index contributed by atoms with van der Waals surface area (Å²) in [6.07, 6.45) is 41.4. The molecule has 0 radical (unpaired) electrons. The van der Waals surface area contributed by atoms with Crippen molar-refractivity contribution in [3.05, 3.63) is 0 Å². The maximum atomic E-state index is 12.7. The van der Waals surface area contributed by atoms with E-state index in [1.807, 2.05) is 21.1 Å². The lowest BCUT2D eigenvalue weighted by molar-refractivity contribution is -0.870. The molecule has 0 amide bonds. The molecular formula is C45H93NO7P+. The summed E-state index contributed by atoms with van der Waals surface area (Å²) in [6.45, 7) is 5.68. The zero-order chi connectivity index (χ0) is 39.9. The van der Waals surface area contributed by atoms with Gasteiger partial charge < -0.3 is 18.9 Å². The van der Waals surface area contributed by atoms with Crippen LogP contribution in [0.5, 0.6) is 0 Å². The first kappa shape index (κ1) is 53.5. The van der Waals surface area contributed by atoms with Crippen LogP contribution in [0, 0.1) is 0 Å². The Hall–Kier alpha value is -0.500. The van der Waals surface area contributed by atoms with Crippen molar-refractivity contribution in [2.75, 3.05) is 54.1 Å². The Kier molecular flexibility index (Phi) is 39.0. The Labute approximate surface area is 336 Å². The Morgan fingerprint density at radius 3 is 1.22 bits per heavy atom. The van der Waals surface area contributed by atoms with E-state index in [9.17, 15) is 14.3 Å². The summed E-state index contributed by atoms with van der Waals surface area (Å²) in [5.41, 5.74) is 0. The molecule has 0 saturated heterocycles. The van der Waals surface area contributed by atoms with Gasteiger partial charge in [-0.3, -0.25) is 13.8 Å². The van der Waals surface area contributed by atoms with Gasteiger partial charge in [0, 0.05) is 13.0 Å². The first-order chi connectivity index (χ1) is 26.1. The van der Waals surface area contributed by atoms with E-state index in [-0.39, 0.29) is 25.8 Å². The smallest absolute Gasteiger partial charge is 0.457 e. The minimum atomic E-state index is -4.26. The van der Waals surface area contributed by atoms with E-state index in [4.69, 9.17) is 18.5 Å². The minimum absolute atomic E-state index is 0.0938. The molecule has 0 aromatic heterocycles. The van der Waals surface area contributed by atoms with E-state index in [0.717, 1.165) is 32.1 Å². The third-order valence-corrected chi connectivity index (χ3v) is 11.4. The molecule has 0 aliphatic rings. The number of quaternary nitrogens is 1. The van der Waals surface area contributed by atoms with Crippen LogP contribution in [0.4, 0.5) is 0 Å². The summed E-state index contributed by atoms with van der Waals surface area (Å²) in [6, 6.07) is 0. The molecule has 54 heavy (non-hydrogen) atoms. The highest BCUT2D eigenvalue weighted by atomic mass is 31.2. The number of unbranched alkanes of at least 4 members (excludes halogenated alkanes) is 30. The number of carbonyl (C=O) groups excluding carboxylic acids is 1. The molecule has 0 bridgehead atoms. The second-order valence-corrected chi connectivity index (χ2v) is 18.6. The van der Waals surface area contributed by atoms with Crippen LogP contribution in [-0.2, 0) is 27.9 Å². The average molecular weight is 791 g/mol. The van der Waals surface area contributed by atoms with Gasteiger partial charge in [-0.05, 0) is 12.8 Å². The van der Waals surface area contributed by atoms with Crippen LogP contribution >= 0.6 is 7.82 Å². The number of phosphoric acid groups is 1. The second-order valence-electron chi connectivity index (χ2n) is 17.2. The van der Waals surface area contributed by atoms with E-state index < -0.39 is 13.9 Å². The first-order valence-corrected chi connectivity index (χ1v) is 24.8. The van der Waals surface area contributed by atoms with Gasteiger partial charge in [-0.25, -0.2) is 4.57 Å². The largest absolute Gasteiger partial charge is 0.472 e. The quantitative estimate of drug-likeness (QED) is 0.0284. The molecule has 0 aliphatic heterocycles. The summed E-state index contributed by atoms with van der Waals surface area (Å²) in [4.78, 5) is 22.9. The SMILES string of the molecule is CCCCCCCCCCCCCCCCCCCCCCCC(=O)OC(COCCCCCCCCCCCCC)COP(=O)(O)OCC[N+](C)(C)C. The molecule has 0 aromatic carbocycles. The van der Waals surface area contributed by atoms with Crippen molar-refractivity contribution in [2.24, 2.45) is 0 Å². The van der Waals surface area contributed by atoms with E-state index in [2.05, 4.69) is 13.8 Å². The maximum absolute atomic E-state index is 12.7. The normalized spacial score (nSPS) is 13.7. The summed E-state index contributed by atoms with van der Waals surface area (Å²) in [5.74, 6) is -0.307. The van der Waals surface area contributed by atoms with Crippen LogP contribution in [0.25, 0.3) is 0 Å². The topological polar surface area (TPSA) is 91.3 Å². The Morgan fingerprint density at radius 1 is 0.500 bits per heavy atom. The van der Waals surface area contributed by atoms with Gasteiger partial charge in [0.15, 0.2) is 0 Å². The van der Waals surface area contributed by atoms with Crippen LogP contribution < -0.4 is 0 Å². The van der Waals surface area contributed by atoms with Crippen molar-refractivity contribution < 1.29 is 37.3 Å². The molecule has 1 N–H and O–H groups in total. The highest BCUT2D eigenvalue weighted by molar-refractivity contribution is 7.47. The van der Waals surface area contributed by atoms with Gasteiger partial charge in [0.2, 0.25) is 0 Å². The summed E-state index contributed by atoms with van der Waals surface area (Å²) in [5, 5.41) is 0. The standard InChI is InChI=1S/C45H92NO7P/c1-6-8-10-12-14-16-18-19-20-21-22-23-24-25-26-27-28-30-32-34-36-38-45(47)53-44(43-52-54(48,49)51-41-39-46(3,4)5)42-50-40-37-35-33-31-29-17-15-13-11-9-7-2/h44H,6-43H2,1-5H3/p+1. The molecule has 0 spiro atoms. The summed E-state index contributed by atoms with van der Waals surface area (Å²) >= 11 is 0. The monoisotopic (exact) mass is 791 g/mol. The molecule has 8 nitrogen and oxygen atoms in total. The van der Waals surface area contributed by atoms with Gasteiger partial charge >= 0.3 is 13.8 Å². The first-order valence-electron chi connectivity index (χ1n) is 23.3. The molecule has 2 atom stereocenters. The maximum Gasteiger partial charge on any atom is 0.472 e. The zero-order valence-electron chi connectivity index (χ0n) is 36.7. The van der Waals surface area contributed by atoms with Crippen LogP contribution in [0.1, 0.15) is 226 Å². The number of phosphoric ester groups is 1. The van der Waals surface area contributed by atoms with Crippen molar-refractivity contribution in [2.45, 2.75) is 232 Å². The Balaban J connectivity index is 4.07.